The lowest BCUT2D eigenvalue weighted by Crippen LogP contribution is -2.40. The first kappa shape index (κ1) is 15.9. The molecule has 1 aliphatic carbocycles. The molecule has 21 heavy (non-hydrogen) atoms. The second-order valence-corrected chi connectivity index (χ2v) is 6.55. The quantitative estimate of drug-likeness (QED) is 0.798. The Kier molecular flexibility index (Phi) is 5.30. The van der Waals surface area contributed by atoms with Gasteiger partial charge in [0, 0.05) is 18.0 Å². The summed E-state index contributed by atoms with van der Waals surface area (Å²) in [4.78, 5) is 11.9. The van der Waals surface area contributed by atoms with Crippen molar-refractivity contribution < 1.29 is 18.5 Å². The molecule has 1 unspecified atom stereocenters. The van der Waals surface area contributed by atoms with E-state index in [4.69, 9.17) is 0 Å². The zero-order valence-corrected chi connectivity index (χ0v) is 12.6. The van der Waals surface area contributed by atoms with Gasteiger partial charge in [-0.3, -0.25) is 4.21 Å². The maximum absolute atomic E-state index is 13.7. The lowest BCUT2D eigenvalue weighted by atomic mass is 9.93. The van der Waals surface area contributed by atoms with Gasteiger partial charge >= 0.3 is 6.03 Å². The lowest BCUT2D eigenvalue weighted by Gasteiger charge is -2.26. The van der Waals surface area contributed by atoms with Crippen LogP contribution in [0.4, 0.5) is 14.9 Å². The molecule has 1 aliphatic rings. The highest BCUT2D eigenvalue weighted by molar-refractivity contribution is 7.84. The molecule has 1 fully saturated rings. The average molecular weight is 314 g/mol. The number of urea groups is 1. The SMILES string of the molecule is CS(=O)c1ccc(NC(=O)NC2CCC(O)CC2)cc1F. The molecule has 1 aromatic rings. The van der Waals surface area contributed by atoms with Crippen LogP contribution in [0.1, 0.15) is 25.7 Å². The molecule has 1 aromatic carbocycles. The lowest BCUT2D eigenvalue weighted by molar-refractivity contribution is 0.118. The van der Waals surface area contributed by atoms with Crippen molar-refractivity contribution in [2.75, 3.05) is 11.6 Å². The van der Waals surface area contributed by atoms with Crippen LogP contribution in [0.5, 0.6) is 0 Å². The number of aliphatic hydroxyl groups excluding tert-OH is 1. The van der Waals surface area contributed by atoms with Crippen molar-refractivity contribution >= 4 is 22.5 Å². The number of aliphatic hydroxyl groups is 1. The molecule has 0 aliphatic heterocycles. The zero-order valence-electron chi connectivity index (χ0n) is 11.8. The first-order valence-corrected chi connectivity index (χ1v) is 8.40. The van der Waals surface area contributed by atoms with Crippen LogP contribution in [0.25, 0.3) is 0 Å². The topological polar surface area (TPSA) is 78.4 Å². The molecule has 116 valence electrons. The molecule has 0 spiro atoms. The highest BCUT2D eigenvalue weighted by Crippen LogP contribution is 2.19. The Morgan fingerprint density at radius 2 is 2.00 bits per heavy atom. The van der Waals surface area contributed by atoms with E-state index < -0.39 is 22.6 Å². The number of nitrogens with one attached hydrogen (secondary N) is 2. The number of halogens is 1. The highest BCUT2D eigenvalue weighted by Gasteiger charge is 2.20. The largest absolute Gasteiger partial charge is 0.393 e. The van der Waals surface area contributed by atoms with Crippen molar-refractivity contribution in [2.45, 2.75) is 42.7 Å². The van der Waals surface area contributed by atoms with Crippen LogP contribution in [0.2, 0.25) is 0 Å². The summed E-state index contributed by atoms with van der Waals surface area (Å²) in [6, 6.07) is 3.70. The summed E-state index contributed by atoms with van der Waals surface area (Å²) < 4.78 is 24.9. The predicted octanol–water partition coefficient (Wildman–Crippen LogP) is 1.99. The molecule has 3 N–H and O–H groups in total. The third-order valence-corrected chi connectivity index (χ3v) is 4.48. The van der Waals surface area contributed by atoms with Crippen molar-refractivity contribution in [3.63, 3.8) is 0 Å². The Bertz CT molecular complexity index is 545. The van der Waals surface area contributed by atoms with Gasteiger partial charge in [-0.05, 0) is 43.9 Å². The van der Waals surface area contributed by atoms with Crippen LogP contribution in [0.3, 0.4) is 0 Å². The summed E-state index contributed by atoms with van der Waals surface area (Å²) in [6.07, 6.45) is 3.94. The fourth-order valence-corrected chi connectivity index (χ4v) is 2.98. The highest BCUT2D eigenvalue weighted by atomic mass is 32.2. The van der Waals surface area contributed by atoms with Gasteiger partial charge in [0.05, 0.1) is 21.8 Å². The van der Waals surface area contributed by atoms with E-state index in [1.807, 2.05) is 0 Å². The van der Waals surface area contributed by atoms with E-state index in [2.05, 4.69) is 10.6 Å². The Balaban J connectivity index is 1.91. The van der Waals surface area contributed by atoms with E-state index in [9.17, 15) is 18.5 Å². The Morgan fingerprint density at radius 1 is 1.33 bits per heavy atom. The maximum atomic E-state index is 13.7. The van der Waals surface area contributed by atoms with Crippen molar-refractivity contribution in [3.8, 4) is 0 Å². The van der Waals surface area contributed by atoms with E-state index in [-0.39, 0.29) is 17.0 Å². The van der Waals surface area contributed by atoms with E-state index >= 15 is 0 Å². The molecule has 7 heteroatoms. The molecule has 5 nitrogen and oxygen atoms in total. The van der Waals surface area contributed by atoms with E-state index in [1.165, 1.54) is 18.4 Å². The fourth-order valence-electron chi connectivity index (χ4n) is 2.38. The Hall–Kier alpha value is -1.47. The first-order chi connectivity index (χ1) is 9.95. The van der Waals surface area contributed by atoms with E-state index in [1.54, 1.807) is 0 Å². The van der Waals surface area contributed by atoms with Crippen LogP contribution in [0, 0.1) is 5.82 Å². The summed E-state index contributed by atoms with van der Waals surface area (Å²) in [5, 5.41) is 14.8. The van der Waals surface area contributed by atoms with Gasteiger partial charge in [-0.2, -0.15) is 0 Å². The first-order valence-electron chi connectivity index (χ1n) is 6.84. The van der Waals surface area contributed by atoms with Crippen LogP contribution >= 0.6 is 0 Å². The van der Waals surface area contributed by atoms with Gasteiger partial charge in [-0.1, -0.05) is 0 Å². The van der Waals surface area contributed by atoms with Gasteiger partial charge in [-0.15, -0.1) is 0 Å². The van der Waals surface area contributed by atoms with Crippen LogP contribution in [-0.2, 0) is 10.8 Å². The Labute approximate surface area is 125 Å². The van der Waals surface area contributed by atoms with Crippen LogP contribution in [0.15, 0.2) is 23.1 Å². The monoisotopic (exact) mass is 314 g/mol. The number of carbonyl (C=O) groups is 1. The molecule has 1 atom stereocenters. The normalized spacial score (nSPS) is 23.4. The number of amides is 2. The van der Waals surface area contributed by atoms with Crippen molar-refractivity contribution in [1.82, 2.24) is 5.32 Å². The molecule has 2 rings (SSSR count). The van der Waals surface area contributed by atoms with Gasteiger partial charge in [-0.25, -0.2) is 9.18 Å². The summed E-state index contributed by atoms with van der Waals surface area (Å²) in [5.41, 5.74) is 0.315. The fraction of sp³-hybridized carbons (Fsp3) is 0.500. The molecule has 0 radical (unpaired) electrons. The molecule has 0 heterocycles. The number of hydrogen-bond donors (Lipinski definition) is 3. The number of anilines is 1. The third kappa shape index (κ3) is 4.50. The van der Waals surface area contributed by atoms with E-state index in [0.717, 1.165) is 18.9 Å². The predicted molar refractivity (Wildman–Crippen MR) is 79.1 cm³/mol. The van der Waals surface area contributed by atoms with Crippen LogP contribution in [-0.4, -0.2) is 33.7 Å². The number of rotatable bonds is 3. The minimum atomic E-state index is -1.40. The molecule has 2 amide bonds. The second kappa shape index (κ2) is 7.00. The molecular formula is C14H19FN2O3S. The molecule has 1 saturated carbocycles. The van der Waals surface area contributed by atoms with Crippen molar-refractivity contribution in [3.05, 3.63) is 24.0 Å². The third-order valence-electron chi connectivity index (χ3n) is 3.53. The average Bonchev–Trinajstić information content (AvgIpc) is 2.41. The van der Waals surface area contributed by atoms with Crippen molar-refractivity contribution in [1.29, 1.82) is 0 Å². The summed E-state index contributed by atoms with van der Waals surface area (Å²) >= 11 is 0. The van der Waals surface area contributed by atoms with Gasteiger partial charge in [0.1, 0.15) is 5.82 Å². The Morgan fingerprint density at radius 3 is 2.57 bits per heavy atom. The molecule has 0 aromatic heterocycles. The summed E-state index contributed by atoms with van der Waals surface area (Å²) in [7, 11) is -1.40. The smallest absolute Gasteiger partial charge is 0.319 e. The number of carbonyl (C=O) groups excluding carboxylic acids is 1. The van der Waals surface area contributed by atoms with Gasteiger partial charge < -0.3 is 15.7 Å². The van der Waals surface area contributed by atoms with Gasteiger partial charge in [0.2, 0.25) is 0 Å². The molecule has 0 bridgehead atoms. The minimum absolute atomic E-state index is 0.0284. The van der Waals surface area contributed by atoms with E-state index in [0.29, 0.717) is 18.5 Å². The summed E-state index contributed by atoms with van der Waals surface area (Å²) in [6.45, 7) is 0. The van der Waals surface area contributed by atoms with Gasteiger partial charge in [0.25, 0.3) is 0 Å². The minimum Gasteiger partial charge on any atom is -0.393 e. The van der Waals surface area contributed by atoms with Crippen LogP contribution < -0.4 is 10.6 Å². The zero-order chi connectivity index (χ0) is 15.4. The molecule has 0 saturated heterocycles. The van der Waals surface area contributed by atoms with Gasteiger partial charge in [0.15, 0.2) is 0 Å². The second-order valence-electron chi connectivity index (χ2n) is 5.20. The summed E-state index contributed by atoms with van der Waals surface area (Å²) in [5.74, 6) is -0.602. The number of benzene rings is 1. The van der Waals surface area contributed by atoms with Crippen molar-refractivity contribution in [2.24, 2.45) is 0 Å². The molecular weight excluding hydrogens is 295 g/mol. The standard InChI is InChI=1S/C14H19FN2O3S/c1-21(20)13-7-4-10(8-12(13)15)17-14(19)16-9-2-5-11(18)6-3-9/h4,7-9,11,18H,2-3,5-6H2,1H3,(H2,16,17,19). The maximum Gasteiger partial charge on any atom is 0.319 e. The number of hydrogen-bond acceptors (Lipinski definition) is 3.